The molecule has 0 aromatic heterocycles. The van der Waals surface area contributed by atoms with Crippen molar-refractivity contribution in [2.45, 2.75) is 26.2 Å². The fourth-order valence-corrected chi connectivity index (χ4v) is 3.16. The molecule has 1 aliphatic carbocycles. The van der Waals surface area contributed by atoms with Gasteiger partial charge in [-0.05, 0) is 42.9 Å². The molecule has 25 heavy (non-hydrogen) atoms. The molecule has 0 heterocycles. The summed E-state index contributed by atoms with van der Waals surface area (Å²) in [5, 5.41) is 2.56. The van der Waals surface area contributed by atoms with E-state index in [1.54, 1.807) is 40.7 Å². The number of hydrogen-bond donors (Lipinski definition) is 1. The summed E-state index contributed by atoms with van der Waals surface area (Å²) in [7, 11) is 4.68. The van der Waals surface area contributed by atoms with Crippen LogP contribution in [-0.2, 0) is 9.53 Å². The van der Waals surface area contributed by atoms with Gasteiger partial charge in [0.2, 0.25) is 0 Å². The molecule has 0 aromatic rings. The van der Waals surface area contributed by atoms with Crippen LogP contribution in [0.4, 0.5) is 4.79 Å². The van der Waals surface area contributed by atoms with E-state index in [0.29, 0.717) is 25.0 Å². The quantitative estimate of drug-likeness (QED) is 0.449. The SMILES string of the molecule is CC#C/C=C\C#CCC1=C(NC(=O)OC)C(=O)CC/C1=C/CSSC. The Kier molecular flexibility index (Phi) is 10.4. The first-order valence-corrected chi connectivity index (χ1v) is 10.4. The monoisotopic (exact) mass is 375 g/mol. The molecule has 0 aromatic carbocycles. The van der Waals surface area contributed by atoms with Crippen LogP contribution < -0.4 is 5.32 Å². The van der Waals surface area contributed by atoms with Crippen molar-refractivity contribution >= 4 is 33.5 Å². The predicted octanol–water partition coefficient (Wildman–Crippen LogP) is 3.87. The van der Waals surface area contributed by atoms with Crippen molar-refractivity contribution in [1.29, 1.82) is 0 Å². The molecule has 4 nitrogen and oxygen atoms in total. The molecule has 1 N–H and O–H groups in total. The summed E-state index contributed by atoms with van der Waals surface area (Å²) < 4.78 is 4.63. The Morgan fingerprint density at radius 3 is 2.76 bits per heavy atom. The predicted molar refractivity (Wildman–Crippen MR) is 106 cm³/mol. The standard InChI is InChI=1S/C19H21NO3S2/c1-4-5-6-7-8-9-10-16-15(13-14-25-24-3)11-12-17(21)18(16)20-19(22)23-2/h6-7,13H,10-12,14H2,1-3H3,(H,20,22)/b7-6-,15-13-. The molecule has 0 atom stereocenters. The maximum Gasteiger partial charge on any atom is 0.411 e. The summed E-state index contributed by atoms with van der Waals surface area (Å²) in [6.07, 6.45) is 8.23. The first kappa shape index (κ1) is 21.0. The van der Waals surface area contributed by atoms with Crippen molar-refractivity contribution in [3.05, 3.63) is 35.1 Å². The molecule has 1 aliphatic rings. The van der Waals surface area contributed by atoms with Gasteiger partial charge in [-0.2, -0.15) is 0 Å². The summed E-state index contributed by atoms with van der Waals surface area (Å²) in [5.41, 5.74) is 2.12. The van der Waals surface area contributed by atoms with Gasteiger partial charge in [-0.15, -0.1) is 5.92 Å². The number of rotatable bonds is 5. The van der Waals surface area contributed by atoms with Crippen LogP contribution in [-0.4, -0.2) is 31.0 Å². The molecule has 0 bridgehead atoms. The number of alkyl carbamates (subject to hydrolysis) is 1. The van der Waals surface area contributed by atoms with Crippen molar-refractivity contribution in [3.8, 4) is 23.7 Å². The first-order valence-electron chi connectivity index (χ1n) is 7.66. The lowest BCUT2D eigenvalue weighted by Gasteiger charge is -2.21. The second-order valence-corrected chi connectivity index (χ2v) is 7.41. The van der Waals surface area contributed by atoms with Gasteiger partial charge in [0.15, 0.2) is 5.78 Å². The van der Waals surface area contributed by atoms with Crippen molar-refractivity contribution in [1.82, 2.24) is 5.32 Å². The zero-order chi connectivity index (χ0) is 18.5. The average molecular weight is 376 g/mol. The second kappa shape index (κ2) is 12.4. The van der Waals surface area contributed by atoms with Crippen molar-refractivity contribution in [2.75, 3.05) is 19.1 Å². The number of nitrogens with one attached hydrogen (secondary N) is 1. The summed E-state index contributed by atoms with van der Waals surface area (Å²) >= 11 is 0. The molecule has 132 valence electrons. The van der Waals surface area contributed by atoms with E-state index >= 15 is 0 Å². The molecule has 1 amide bonds. The average Bonchev–Trinajstić information content (AvgIpc) is 2.62. The molecule has 0 radical (unpaired) electrons. The molecule has 1 rings (SSSR count). The molecule has 0 fully saturated rings. The normalized spacial score (nSPS) is 15.5. The second-order valence-electron chi connectivity index (χ2n) is 4.80. The van der Waals surface area contributed by atoms with Gasteiger partial charge in [-0.1, -0.05) is 45.4 Å². The van der Waals surface area contributed by atoms with Crippen LogP contribution in [0.15, 0.2) is 35.1 Å². The van der Waals surface area contributed by atoms with E-state index in [-0.39, 0.29) is 5.78 Å². The minimum absolute atomic E-state index is 0.0933. The number of ether oxygens (including phenoxy) is 1. The number of ketones is 1. The van der Waals surface area contributed by atoms with Gasteiger partial charge in [0, 0.05) is 18.6 Å². The highest BCUT2D eigenvalue weighted by Gasteiger charge is 2.25. The van der Waals surface area contributed by atoms with Gasteiger partial charge in [0.1, 0.15) is 0 Å². The van der Waals surface area contributed by atoms with Crippen molar-refractivity contribution in [3.63, 3.8) is 0 Å². The topological polar surface area (TPSA) is 55.4 Å². The molecular weight excluding hydrogens is 354 g/mol. The molecular formula is C19H21NO3S2. The van der Waals surface area contributed by atoms with Crippen LogP contribution in [0, 0.1) is 23.7 Å². The van der Waals surface area contributed by atoms with Crippen LogP contribution in [0.1, 0.15) is 26.2 Å². The Bertz CT molecular complexity index is 712. The molecule has 0 saturated heterocycles. The number of methoxy groups -OCH3 is 1. The van der Waals surface area contributed by atoms with Crippen molar-refractivity contribution in [2.24, 2.45) is 0 Å². The Morgan fingerprint density at radius 2 is 2.08 bits per heavy atom. The fraction of sp³-hybridized carbons (Fsp3) is 0.368. The third-order valence-corrected chi connectivity index (χ3v) is 4.93. The van der Waals surface area contributed by atoms with Crippen LogP contribution in [0.2, 0.25) is 0 Å². The molecule has 0 saturated carbocycles. The lowest BCUT2D eigenvalue weighted by molar-refractivity contribution is -0.116. The lowest BCUT2D eigenvalue weighted by atomic mass is 9.88. The van der Waals surface area contributed by atoms with E-state index in [2.05, 4.69) is 39.8 Å². The van der Waals surface area contributed by atoms with Gasteiger partial charge < -0.3 is 4.74 Å². The number of carbonyl (C=O) groups excluding carboxylic acids is 2. The number of carbonyl (C=O) groups is 2. The van der Waals surface area contributed by atoms with Gasteiger partial charge in [-0.3, -0.25) is 10.1 Å². The highest BCUT2D eigenvalue weighted by Crippen LogP contribution is 2.30. The van der Waals surface area contributed by atoms with Crippen LogP contribution >= 0.6 is 21.6 Å². The van der Waals surface area contributed by atoms with E-state index < -0.39 is 6.09 Å². The zero-order valence-electron chi connectivity index (χ0n) is 14.6. The Labute approximate surface area is 157 Å². The maximum atomic E-state index is 12.3. The summed E-state index contributed by atoms with van der Waals surface area (Å²) in [4.78, 5) is 23.8. The number of allylic oxidation sites excluding steroid dienone is 5. The zero-order valence-corrected chi connectivity index (χ0v) is 16.2. The summed E-state index contributed by atoms with van der Waals surface area (Å²) in [6, 6.07) is 0. The largest absolute Gasteiger partial charge is 0.453 e. The summed E-state index contributed by atoms with van der Waals surface area (Å²) in [6.45, 7) is 1.75. The Morgan fingerprint density at radius 1 is 1.32 bits per heavy atom. The molecule has 0 spiro atoms. The molecule has 0 aliphatic heterocycles. The number of hydrogen-bond acceptors (Lipinski definition) is 5. The summed E-state index contributed by atoms with van der Waals surface area (Å²) in [5.74, 6) is 12.2. The first-order chi connectivity index (χ1) is 12.1. The van der Waals surface area contributed by atoms with Crippen LogP contribution in [0.5, 0.6) is 0 Å². The number of amides is 1. The van der Waals surface area contributed by atoms with Crippen LogP contribution in [0.3, 0.4) is 0 Å². The smallest absolute Gasteiger partial charge is 0.411 e. The maximum absolute atomic E-state index is 12.3. The van der Waals surface area contributed by atoms with Crippen molar-refractivity contribution < 1.29 is 14.3 Å². The molecule has 0 unspecified atom stereocenters. The minimum atomic E-state index is -0.647. The third-order valence-electron chi connectivity index (χ3n) is 3.28. The fourth-order valence-electron chi connectivity index (χ4n) is 2.15. The van der Waals surface area contributed by atoms with E-state index in [1.807, 2.05) is 6.26 Å². The number of Topliss-reactive ketones (excluding diaryl/α,β-unsaturated/α-hetero) is 1. The van der Waals surface area contributed by atoms with E-state index in [9.17, 15) is 9.59 Å². The highest BCUT2D eigenvalue weighted by atomic mass is 33.1. The highest BCUT2D eigenvalue weighted by molar-refractivity contribution is 8.76. The van der Waals surface area contributed by atoms with E-state index in [0.717, 1.165) is 16.9 Å². The van der Waals surface area contributed by atoms with Crippen LogP contribution in [0.25, 0.3) is 0 Å². The van der Waals surface area contributed by atoms with Gasteiger partial charge in [-0.25, -0.2) is 4.79 Å². The van der Waals surface area contributed by atoms with Gasteiger partial charge in [0.05, 0.1) is 12.8 Å². The van der Waals surface area contributed by atoms with Gasteiger partial charge >= 0.3 is 6.09 Å². The Balaban J connectivity index is 3.11. The third kappa shape index (κ3) is 7.60. The minimum Gasteiger partial charge on any atom is -0.453 e. The van der Waals surface area contributed by atoms with E-state index in [4.69, 9.17) is 0 Å². The van der Waals surface area contributed by atoms with E-state index in [1.165, 1.54) is 7.11 Å². The molecule has 6 heteroatoms. The lowest BCUT2D eigenvalue weighted by Crippen LogP contribution is -2.31. The Hall–Kier alpha value is -2.02. The van der Waals surface area contributed by atoms with Gasteiger partial charge in [0.25, 0.3) is 0 Å².